The minimum absolute atomic E-state index is 0.00931. The maximum Gasteiger partial charge on any atom is 0.327 e. The van der Waals surface area contributed by atoms with E-state index in [1.807, 2.05) is 6.08 Å². The Labute approximate surface area is 569 Å². The average Bonchev–Trinajstić information content (AvgIpc) is 0.792. The van der Waals surface area contributed by atoms with Crippen molar-refractivity contribution in [1.82, 2.24) is 10.6 Å². The molecule has 8 unspecified atom stereocenters. The molecule has 3 saturated heterocycles. The molecule has 27 nitrogen and oxygen atoms in total. The van der Waals surface area contributed by atoms with Gasteiger partial charge in [0, 0.05) is 39.0 Å². The molecule has 0 aliphatic carbocycles. The van der Waals surface area contributed by atoms with Gasteiger partial charge in [-0.2, -0.15) is 0 Å². The molecule has 560 valence electrons. The predicted octanol–water partition coefficient (Wildman–Crippen LogP) is 5.49. The van der Waals surface area contributed by atoms with E-state index in [0.717, 1.165) is 83.5 Å². The second-order valence-corrected chi connectivity index (χ2v) is 27.6. The van der Waals surface area contributed by atoms with Crippen LogP contribution in [0, 0.1) is 5.92 Å². The summed E-state index contributed by atoms with van der Waals surface area (Å²) in [5.41, 5.74) is 0. The predicted molar refractivity (Wildman–Crippen MR) is 355 cm³/mol. The number of amides is 2. The highest BCUT2D eigenvalue weighted by Crippen LogP contribution is 2.44. The fourth-order valence-electron chi connectivity index (χ4n) is 11.3. The van der Waals surface area contributed by atoms with Gasteiger partial charge in [-0.15, -0.1) is 0 Å². The van der Waals surface area contributed by atoms with Crippen LogP contribution in [0.2, 0.25) is 0 Å². The summed E-state index contributed by atoms with van der Waals surface area (Å²) in [4.78, 5) is 52.1. The van der Waals surface area contributed by atoms with Gasteiger partial charge in [-0.25, -0.2) is 0 Å². The summed E-state index contributed by atoms with van der Waals surface area (Å²) in [7, 11) is -3.76. The molecule has 3 aliphatic heterocycles. The number of nitrogens with one attached hydrogen (secondary N) is 2. The van der Waals surface area contributed by atoms with Crippen LogP contribution in [0.5, 0.6) is 0 Å². The van der Waals surface area contributed by atoms with E-state index in [1.54, 1.807) is 0 Å². The molecule has 3 aliphatic rings. The van der Waals surface area contributed by atoms with Gasteiger partial charge in [-0.1, -0.05) is 154 Å². The van der Waals surface area contributed by atoms with E-state index in [4.69, 9.17) is 46.9 Å². The lowest BCUT2D eigenvalue weighted by Gasteiger charge is -2.48. The summed E-state index contributed by atoms with van der Waals surface area (Å²) in [6.45, 7) is 4.22. The minimum Gasteiger partial charge on any atom is -0.461 e. The molecule has 96 heavy (non-hydrogen) atoms. The average molecular weight is 1400 g/mol. The van der Waals surface area contributed by atoms with E-state index in [0.29, 0.717) is 25.7 Å². The van der Waals surface area contributed by atoms with Crippen molar-refractivity contribution in [3.05, 3.63) is 24.3 Å². The van der Waals surface area contributed by atoms with E-state index >= 15 is 0 Å². The molecule has 0 aromatic rings. The Bertz CT molecular complexity index is 2160. The third-order valence-corrected chi connectivity index (χ3v) is 18.5. The fourth-order valence-corrected chi connectivity index (χ4v) is 12.3. The number of aliphatic hydroxyl groups is 10. The molecule has 28 heteroatoms. The molecule has 18 atom stereocenters. The van der Waals surface area contributed by atoms with Gasteiger partial charge < -0.3 is 109 Å². The van der Waals surface area contributed by atoms with Crippen molar-refractivity contribution in [2.45, 2.75) is 312 Å². The van der Waals surface area contributed by atoms with E-state index in [2.05, 4.69) is 49.6 Å². The zero-order valence-corrected chi connectivity index (χ0v) is 58.6. The zero-order valence-electron chi connectivity index (χ0n) is 57.7. The minimum atomic E-state index is -3.76. The van der Waals surface area contributed by atoms with E-state index in [-0.39, 0.29) is 70.6 Å². The first-order chi connectivity index (χ1) is 46.2. The van der Waals surface area contributed by atoms with E-state index in [9.17, 15) is 74.8 Å². The van der Waals surface area contributed by atoms with Crippen LogP contribution in [0.25, 0.3) is 0 Å². The second-order valence-electron chi connectivity index (χ2n) is 25.5. The lowest BCUT2D eigenvalue weighted by molar-refractivity contribution is -0.379. The molecule has 3 fully saturated rings. The Balaban J connectivity index is 1.40. The molecule has 0 radical (unpaired) electrons. The highest BCUT2D eigenvalue weighted by Gasteiger charge is 2.53. The van der Waals surface area contributed by atoms with Crippen molar-refractivity contribution in [3.8, 4) is 0 Å². The Hall–Kier alpha value is -3.13. The molecule has 0 aromatic heterocycles. The number of allylic oxidation sites excluding steroid dienone is 3. The van der Waals surface area contributed by atoms with Crippen LogP contribution >= 0.6 is 7.60 Å². The van der Waals surface area contributed by atoms with Crippen molar-refractivity contribution < 1.29 is 122 Å². The zero-order chi connectivity index (χ0) is 70.5. The van der Waals surface area contributed by atoms with Crippen LogP contribution < -0.4 is 10.6 Å². The van der Waals surface area contributed by atoms with Gasteiger partial charge in [0.1, 0.15) is 79.9 Å². The maximum absolute atomic E-state index is 13.6. The van der Waals surface area contributed by atoms with Gasteiger partial charge in [-0.05, 0) is 64.2 Å². The van der Waals surface area contributed by atoms with Crippen LogP contribution in [-0.2, 0) is 70.7 Å². The topological polar surface area (TPSA) is 404 Å². The van der Waals surface area contributed by atoms with Gasteiger partial charge in [-0.3, -0.25) is 23.7 Å². The van der Waals surface area contributed by atoms with Crippen molar-refractivity contribution in [3.63, 3.8) is 0 Å². The first kappa shape index (κ1) is 87.1. The van der Waals surface area contributed by atoms with Crippen LogP contribution in [0.3, 0.4) is 0 Å². The highest BCUT2D eigenvalue weighted by atomic mass is 31.2. The highest BCUT2D eigenvalue weighted by molar-refractivity contribution is 7.52. The number of hydrogen-bond donors (Lipinski definition) is 12. The number of carbonyl (C=O) groups is 4. The monoisotopic (exact) mass is 1400 g/mol. The summed E-state index contributed by atoms with van der Waals surface area (Å²) in [6, 6.07) is 0. The molecule has 0 aromatic carbocycles. The summed E-state index contributed by atoms with van der Waals surface area (Å²) in [5.74, 6) is -2.08. The molecular formula is C68H123N2O25P. The molecule has 3 heterocycles. The summed E-state index contributed by atoms with van der Waals surface area (Å²) in [6.07, 6.45) is 9.79. The van der Waals surface area contributed by atoms with Crippen molar-refractivity contribution in [2.75, 3.05) is 66.0 Å². The van der Waals surface area contributed by atoms with Crippen molar-refractivity contribution in [2.24, 2.45) is 5.92 Å². The Morgan fingerprint density at radius 1 is 0.479 bits per heavy atom. The van der Waals surface area contributed by atoms with Crippen LogP contribution in [-0.4, -0.2) is 239 Å². The number of esters is 2. The number of hydrogen-bond acceptors (Lipinski definition) is 25. The molecule has 0 spiro atoms. The van der Waals surface area contributed by atoms with Gasteiger partial charge in [0.2, 0.25) is 11.8 Å². The molecule has 0 bridgehead atoms. The third kappa shape index (κ3) is 35.0. The smallest absolute Gasteiger partial charge is 0.327 e. The van der Waals surface area contributed by atoms with Crippen LogP contribution in [0.15, 0.2) is 24.3 Å². The first-order valence-corrected chi connectivity index (χ1v) is 37.8. The standard InChI is InChI=1S/C68H123N2O25P/c1-5-8-11-14-16-18-19-20-21-22-23-24-26-28-31-38-55(76)90-49(46-87-65(84)48(34-29-13-10-7-3)35-30-27-25-17-15-12-9-6-2)47-89-96(4,85)88-42-40-70-54(75)37-33-32-36-53(74)69-39-41-86-66-61(82)58(79)63(51(44-72)92-66)95-68-62(83)59(80)64(52(45-73)93-68)94-67-60(81)57(78)56(77)50(43-71)91-67/h20-21,30,35,48-52,56-64,66-68,71-73,77-83H,5-19,22-29,31-34,36-47H2,1-4H3,(H,69,74)(H,70,75)/b21-20+,35-30+/t48?,49-,50?,51?,52?,56-,57-,58+,59+,60?,61?,62?,63+,64-,66+,67+,68-,96?/m0/s1. The van der Waals surface area contributed by atoms with Crippen molar-refractivity contribution in [1.29, 1.82) is 0 Å². The van der Waals surface area contributed by atoms with E-state index in [1.165, 1.54) is 70.9 Å². The number of unbranched alkanes of at least 4 members (excludes halogenated alkanes) is 21. The molecule has 0 saturated carbocycles. The summed E-state index contributed by atoms with van der Waals surface area (Å²) in [5, 5.41) is 110. The largest absolute Gasteiger partial charge is 0.461 e. The van der Waals surface area contributed by atoms with Crippen LogP contribution in [0.4, 0.5) is 0 Å². The Morgan fingerprint density at radius 2 is 0.917 bits per heavy atom. The molecule has 2 amide bonds. The SMILES string of the molecule is CCCCCCCC/C=C/CCCCCCCC(=O)O[C@@H](COC(=O)C(/C=C/CCCCCCCC)CCCCCC)COP(C)(=O)OCCNC(=O)CCCCC(=O)NCCO[C@@H]1OC(CO)[C@@H](O[C@@H]2OC(CO)[C@H](O[C@H]3OC(CO)[C@H](O)[C@H](O)C3O)[C@H](O)C2O)[C@H](O)C1O. The maximum atomic E-state index is 13.6. The van der Waals surface area contributed by atoms with Crippen molar-refractivity contribution >= 4 is 31.3 Å². The molecular weight excluding hydrogens is 1280 g/mol. The molecule has 3 rings (SSSR count). The van der Waals surface area contributed by atoms with Crippen LogP contribution in [0.1, 0.15) is 213 Å². The number of carbonyl (C=O) groups excluding carboxylic acids is 4. The van der Waals surface area contributed by atoms with Gasteiger partial charge in [0.25, 0.3) is 0 Å². The summed E-state index contributed by atoms with van der Waals surface area (Å²) < 4.78 is 69.7. The number of ether oxygens (including phenoxy) is 8. The van der Waals surface area contributed by atoms with Gasteiger partial charge >= 0.3 is 19.5 Å². The van der Waals surface area contributed by atoms with Gasteiger partial charge in [0.15, 0.2) is 25.0 Å². The number of rotatable bonds is 55. The lowest BCUT2D eigenvalue weighted by atomic mass is 9.96. The normalized spacial score (nSPS) is 27.5. The second kappa shape index (κ2) is 51.9. The lowest BCUT2D eigenvalue weighted by Crippen LogP contribution is -2.66. The van der Waals surface area contributed by atoms with E-state index < -0.39 is 143 Å². The number of aliphatic hydroxyl groups excluding tert-OH is 10. The Kier molecular flexibility index (Phi) is 47.1. The summed E-state index contributed by atoms with van der Waals surface area (Å²) >= 11 is 0. The first-order valence-electron chi connectivity index (χ1n) is 35.8. The fraction of sp³-hybridized carbons (Fsp3) is 0.882. The third-order valence-electron chi connectivity index (χ3n) is 17.2. The Morgan fingerprint density at radius 3 is 1.45 bits per heavy atom. The quantitative estimate of drug-likeness (QED) is 0.0155. The molecule has 12 N–H and O–H groups in total. The van der Waals surface area contributed by atoms with Gasteiger partial charge in [0.05, 0.1) is 45.6 Å².